The van der Waals surface area contributed by atoms with Crippen LogP contribution in [0.3, 0.4) is 0 Å². The molecule has 0 saturated carbocycles. The van der Waals surface area contributed by atoms with Crippen LogP contribution in [0.2, 0.25) is 0 Å². The van der Waals surface area contributed by atoms with Crippen molar-refractivity contribution in [3.63, 3.8) is 0 Å². The van der Waals surface area contributed by atoms with Crippen molar-refractivity contribution in [3.8, 4) is 0 Å². The van der Waals surface area contributed by atoms with Crippen molar-refractivity contribution in [1.29, 1.82) is 0 Å². The minimum atomic E-state index is -0.852. The summed E-state index contributed by atoms with van der Waals surface area (Å²) in [6.07, 6.45) is 0.595. The fourth-order valence-electron chi connectivity index (χ4n) is 0.933. The Labute approximate surface area is 66.9 Å². The van der Waals surface area contributed by atoms with E-state index < -0.39 is 11.9 Å². The maximum atomic E-state index is 10.5. The van der Waals surface area contributed by atoms with Gasteiger partial charge in [-0.2, -0.15) is 0 Å². The zero-order chi connectivity index (χ0) is 8.85. The number of hydrogen-bond donors (Lipinski definition) is 1. The molecule has 0 aliphatic rings. The summed E-state index contributed by atoms with van der Waals surface area (Å²) in [5.74, 6) is -0.986. The maximum absolute atomic E-state index is 10.5. The van der Waals surface area contributed by atoms with Gasteiger partial charge >= 0.3 is 5.97 Å². The topological polar surface area (TPSA) is 41.7 Å². The molecule has 0 saturated heterocycles. The molecule has 0 aromatic heterocycles. The minimum absolute atomic E-state index is 0.105. The van der Waals surface area contributed by atoms with Crippen molar-refractivity contribution in [2.45, 2.75) is 20.3 Å². The van der Waals surface area contributed by atoms with Crippen LogP contribution in [0, 0.1) is 18.4 Å². The van der Waals surface area contributed by atoms with Crippen molar-refractivity contribution in [2.24, 2.45) is 11.8 Å². The lowest BCUT2D eigenvalue weighted by Gasteiger charge is -2.07. The number of rotatable bonds is 4. The minimum Gasteiger partial charge on any atom is -0.481 e. The third-order valence-electron chi connectivity index (χ3n) is 1.42. The van der Waals surface area contributed by atoms with Crippen LogP contribution in [0.5, 0.6) is 0 Å². The average molecular weight is 155 g/mol. The molecule has 0 fully saturated rings. The van der Waals surface area contributed by atoms with Crippen LogP contribution >= 0.6 is 0 Å². The molecule has 0 heterocycles. The largest absolute Gasteiger partial charge is 0.481 e. The smallest absolute Gasteiger partial charge is 0.314 e. The molecule has 3 nitrogen and oxygen atoms in total. The molecule has 0 rings (SSSR count). The first-order chi connectivity index (χ1) is 5.07. The van der Waals surface area contributed by atoms with Crippen LogP contribution in [0.1, 0.15) is 20.3 Å². The summed E-state index contributed by atoms with van der Waals surface area (Å²) >= 11 is 0. The second-order valence-electron chi connectivity index (χ2n) is 3.01. The fraction of sp³-hybridized carbons (Fsp3) is 0.750. The molecule has 1 unspecified atom stereocenters. The molecule has 3 heteroatoms. The third-order valence-corrected chi connectivity index (χ3v) is 1.42. The van der Waals surface area contributed by atoms with Gasteiger partial charge in [-0.05, 0) is 12.3 Å². The van der Waals surface area contributed by atoms with Gasteiger partial charge in [0.25, 0.3) is 0 Å². The molecule has 0 radical (unpaired) electrons. The van der Waals surface area contributed by atoms with Gasteiger partial charge < -0.3 is 9.95 Å². The van der Waals surface area contributed by atoms with Gasteiger partial charge in [0.05, 0.1) is 0 Å². The average Bonchev–Trinajstić information content (AvgIpc) is 1.86. The highest BCUT2D eigenvalue weighted by molar-refractivity contribution is 5.70. The van der Waals surface area contributed by atoms with Gasteiger partial charge in [-0.25, -0.2) is 6.57 Å². The van der Waals surface area contributed by atoms with Crippen molar-refractivity contribution >= 4 is 5.97 Å². The Kier molecular flexibility index (Phi) is 4.28. The molecule has 11 heavy (non-hydrogen) atoms. The molecule has 0 aliphatic carbocycles. The maximum Gasteiger partial charge on any atom is 0.314 e. The zero-order valence-corrected chi connectivity index (χ0v) is 6.87. The number of nitrogens with zero attached hydrogens (tertiary/aromatic N) is 1. The lowest BCUT2D eigenvalue weighted by atomic mass is 9.97. The van der Waals surface area contributed by atoms with Crippen molar-refractivity contribution in [3.05, 3.63) is 11.4 Å². The van der Waals surface area contributed by atoms with Crippen LogP contribution in [0.25, 0.3) is 4.85 Å². The molecular formula is C8H13NO2. The molecule has 0 bridgehead atoms. The van der Waals surface area contributed by atoms with Gasteiger partial charge in [-0.3, -0.25) is 4.79 Å². The SMILES string of the molecule is [C-]#[N+]CC(CC(C)C)C(=O)O. The van der Waals surface area contributed by atoms with Gasteiger partial charge in [0.1, 0.15) is 5.92 Å². The molecule has 0 amide bonds. The van der Waals surface area contributed by atoms with Gasteiger partial charge in [0.2, 0.25) is 6.54 Å². The lowest BCUT2D eigenvalue weighted by molar-refractivity contribution is -0.141. The number of carbonyl (C=O) groups is 1. The number of aliphatic carboxylic acids is 1. The molecule has 62 valence electrons. The van der Waals surface area contributed by atoms with E-state index in [9.17, 15) is 4.79 Å². The Balaban J connectivity index is 3.92. The second kappa shape index (κ2) is 4.73. The lowest BCUT2D eigenvalue weighted by Crippen LogP contribution is -2.18. The van der Waals surface area contributed by atoms with Gasteiger partial charge in [0.15, 0.2) is 0 Å². The first kappa shape index (κ1) is 9.96. The van der Waals surface area contributed by atoms with E-state index in [-0.39, 0.29) is 6.54 Å². The third kappa shape index (κ3) is 4.38. The van der Waals surface area contributed by atoms with Crippen LogP contribution in [-0.2, 0) is 4.79 Å². The summed E-state index contributed by atoms with van der Waals surface area (Å²) in [5, 5.41) is 8.61. The van der Waals surface area contributed by atoms with Gasteiger partial charge in [0, 0.05) is 0 Å². The number of hydrogen-bond acceptors (Lipinski definition) is 1. The van der Waals surface area contributed by atoms with Crippen LogP contribution in [0.15, 0.2) is 0 Å². The standard InChI is InChI=1S/C8H13NO2/c1-6(2)4-7(5-9-3)8(10)11/h6-7H,4-5H2,1-2H3,(H,10,11). The van der Waals surface area contributed by atoms with Gasteiger partial charge in [-0.1, -0.05) is 13.8 Å². The van der Waals surface area contributed by atoms with E-state index in [1.54, 1.807) is 0 Å². The summed E-state index contributed by atoms with van der Waals surface area (Å²) in [6.45, 7) is 10.6. The zero-order valence-electron chi connectivity index (χ0n) is 6.87. The van der Waals surface area contributed by atoms with Gasteiger partial charge in [-0.15, -0.1) is 0 Å². The Morgan fingerprint density at radius 3 is 2.45 bits per heavy atom. The van der Waals surface area contributed by atoms with Crippen molar-refractivity contribution in [1.82, 2.24) is 0 Å². The molecule has 0 aromatic rings. The molecule has 0 spiro atoms. The van der Waals surface area contributed by atoms with E-state index in [4.69, 9.17) is 11.7 Å². The highest BCUT2D eigenvalue weighted by Crippen LogP contribution is 2.11. The first-order valence-electron chi connectivity index (χ1n) is 3.64. The summed E-state index contributed by atoms with van der Waals surface area (Å²) in [5.41, 5.74) is 0. The Morgan fingerprint density at radius 1 is 1.64 bits per heavy atom. The van der Waals surface area contributed by atoms with Crippen LogP contribution in [-0.4, -0.2) is 17.6 Å². The van der Waals surface area contributed by atoms with E-state index in [1.807, 2.05) is 13.8 Å². The number of carboxylic acid groups (broad SMARTS) is 1. The summed E-state index contributed by atoms with van der Waals surface area (Å²) < 4.78 is 0. The van der Waals surface area contributed by atoms with Crippen molar-refractivity contribution in [2.75, 3.05) is 6.54 Å². The van der Waals surface area contributed by atoms with E-state index >= 15 is 0 Å². The first-order valence-corrected chi connectivity index (χ1v) is 3.64. The molecule has 0 aromatic carbocycles. The highest BCUT2D eigenvalue weighted by atomic mass is 16.4. The second-order valence-corrected chi connectivity index (χ2v) is 3.01. The van der Waals surface area contributed by atoms with E-state index in [0.29, 0.717) is 12.3 Å². The predicted octanol–water partition coefficient (Wildman–Crippen LogP) is 1.65. The molecule has 1 N–H and O–H groups in total. The number of carboxylic acids is 1. The van der Waals surface area contributed by atoms with E-state index in [0.717, 1.165) is 0 Å². The Hall–Kier alpha value is -1.04. The molecular weight excluding hydrogens is 142 g/mol. The predicted molar refractivity (Wildman–Crippen MR) is 42.0 cm³/mol. The molecule has 1 atom stereocenters. The van der Waals surface area contributed by atoms with Crippen LogP contribution < -0.4 is 0 Å². The summed E-state index contributed by atoms with van der Waals surface area (Å²) in [7, 11) is 0. The Bertz CT molecular complexity index is 169. The normalized spacial score (nSPS) is 12.5. The van der Waals surface area contributed by atoms with Crippen LogP contribution in [0.4, 0.5) is 0 Å². The summed E-state index contributed by atoms with van der Waals surface area (Å²) in [6, 6.07) is 0. The van der Waals surface area contributed by atoms with Crippen molar-refractivity contribution < 1.29 is 9.90 Å². The highest BCUT2D eigenvalue weighted by Gasteiger charge is 2.21. The fourth-order valence-corrected chi connectivity index (χ4v) is 0.933. The van der Waals surface area contributed by atoms with E-state index in [2.05, 4.69) is 4.85 Å². The Morgan fingerprint density at radius 2 is 2.18 bits per heavy atom. The summed E-state index contributed by atoms with van der Waals surface area (Å²) in [4.78, 5) is 13.6. The monoisotopic (exact) mass is 155 g/mol. The molecule has 0 aliphatic heterocycles. The van der Waals surface area contributed by atoms with E-state index in [1.165, 1.54) is 0 Å². The quantitative estimate of drug-likeness (QED) is 0.627.